The first-order chi connectivity index (χ1) is 30.7. The zero-order valence-electron chi connectivity index (χ0n) is 34.6. The van der Waals surface area contributed by atoms with Gasteiger partial charge in [0, 0.05) is 39.9 Å². The maximum Gasteiger partial charge on any atom is 0.206 e. The summed E-state index contributed by atoms with van der Waals surface area (Å²) in [5, 5.41) is 14.3. The number of allylic oxidation sites excluding steroid dienone is 7. The monoisotopic (exact) mass is 801 g/mol. The summed E-state index contributed by atoms with van der Waals surface area (Å²) in [7, 11) is 0. The minimum atomic E-state index is -0.252. The van der Waals surface area contributed by atoms with Crippen molar-refractivity contribution < 1.29 is 0 Å². The molecule has 5 heteroatoms. The Hall–Kier alpha value is -6.95. The summed E-state index contributed by atoms with van der Waals surface area (Å²) in [6.45, 7) is 0. The highest BCUT2D eigenvalue weighted by Crippen LogP contribution is 2.52. The number of benzene rings is 6. The van der Waals surface area contributed by atoms with E-state index in [4.69, 9.17) is 4.99 Å². The van der Waals surface area contributed by atoms with Crippen LogP contribution in [0.25, 0.3) is 49.8 Å². The van der Waals surface area contributed by atoms with E-state index >= 15 is 0 Å². The molecule has 0 spiro atoms. The molecule has 0 fully saturated rings. The average molecular weight is 802 g/mol. The van der Waals surface area contributed by atoms with Gasteiger partial charge in [-0.05, 0) is 117 Å². The summed E-state index contributed by atoms with van der Waals surface area (Å²) < 4.78 is 2.51. The molecule has 4 aliphatic carbocycles. The van der Waals surface area contributed by atoms with Crippen LogP contribution in [0.15, 0.2) is 181 Å². The Balaban J connectivity index is 1.00. The Morgan fingerprint density at radius 3 is 2.39 bits per heavy atom. The molecule has 5 nitrogen and oxygen atoms in total. The number of nitrogens with one attached hydrogen (secondary N) is 2. The molecule has 0 saturated heterocycles. The number of aromatic nitrogens is 1. The van der Waals surface area contributed by atoms with Crippen molar-refractivity contribution in [3.05, 3.63) is 215 Å². The Morgan fingerprint density at radius 2 is 1.50 bits per heavy atom. The lowest BCUT2D eigenvalue weighted by atomic mass is 9.88. The third-order valence-corrected chi connectivity index (χ3v) is 14.2. The van der Waals surface area contributed by atoms with Gasteiger partial charge in [-0.15, -0.1) is 0 Å². The van der Waals surface area contributed by atoms with Crippen molar-refractivity contribution in [3.63, 3.8) is 0 Å². The summed E-state index contributed by atoms with van der Waals surface area (Å²) in [4.78, 5) is 8.39. The van der Waals surface area contributed by atoms with E-state index in [1.165, 1.54) is 82.9 Å². The molecule has 6 aliphatic rings. The molecule has 5 unspecified atom stereocenters. The van der Waals surface area contributed by atoms with Gasteiger partial charge in [0.15, 0.2) is 0 Å². The number of hydrogen-bond donors (Lipinski definition) is 2. The average Bonchev–Trinajstić information content (AvgIpc) is 3.84. The van der Waals surface area contributed by atoms with Crippen molar-refractivity contribution in [2.75, 3.05) is 4.90 Å². The van der Waals surface area contributed by atoms with Crippen LogP contribution in [-0.4, -0.2) is 22.7 Å². The van der Waals surface area contributed by atoms with Gasteiger partial charge in [-0.3, -0.25) is 9.88 Å². The van der Waals surface area contributed by atoms with E-state index in [-0.39, 0.29) is 24.3 Å². The van der Waals surface area contributed by atoms with Crippen LogP contribution >= 0.6 is 0 Å². The first-order valence-electron chi connectivity index (χ1n) is 22.5. The second kappa shape index (κ2) is 14.3. The van der Waals surface area contributed by atoms with Crippen molar-refractivity contribution in [3.8, 4) is 0 Å². The second-order valence-electron chi connectivity index (χ2n) is 17.7. The molecule has 5 atom stereocenters. The van der Waals surface area contributed by atoms with Gasteiger partial charge in [0.1, 0.15) is 6.17 Å². The first-order valence-corrected chi connectivity index (χ1v) is 22.5. The van der Waals surface area contributed by atoms with Crippen LogP contribution < -0.4 is 15.5 Å². The number of anilines is 1. The molecule has 0 saturated carbocycles. The molecular weight excluding hydrogens is 755 g/mol. The molecule has 62 heavy (non-hydrogen) atoms. The molecule has 0 amide bonds. The summed E-state index contributed by atoms with van der Waals surface area (Å²) >= 11 is 0. The molecule has 300 valence electrons. The highest BCUT2D eigenvalue weighted by Gasteiger charge is 2.42. The third-order valence-electron chi connectivity index (χ3n) is 14.2. The maximum atomic E-state index is 5.69. The van der Waals surface area contributed by atoms with E-state index in [1.54, 1.807) is 0 Å². The molecule has 2 aliphatic heterocycles. The van der Waals surface area contributed by atoms with Crippen molar-refractivity contribution in [1.29, 1.82) is 0 Å². The van der Waals surface area contributed by atoms with Gasteiger partial charge in [-0.1, -0.05) is 152 Å². The zero-order valence-corrected chi connectivity index (χ0v) is 34.6. The van der Waals surface area contributed by atoms with Gasteiger partial charge in [0.25, 0.3) is 0 Å². The second-order valence-corrected chi connectivity index (χ2v) is 17.7. The van der Waals surface area contributed by atoms with E-state index in [0.717, 1.165) is 43.6 Å². The Kier molecular flexibility index (Phi) is 8.26. The minimum Gasteiger partial charge on any atom is -0.340 e. The molecule has 1 aromatic heterocycles. The summed E-state index contributed by atoms with van der Waals surface area (Å²) in [6, 6.07) is 45.2. The lowest BCUT2D eigenvalue weighted by Crippen LogP contribution is -2.56. The SMILES string of the molecule is C1=CC2c3cc4c(cc3N(C3=CCCc5c3c3cc6ccccc6cc3n5C3=NC(c5ccc6ccccc6c5)NC(C5C=C(c6ccccc6)C=CC5)N3)C2C=C1)CCC=C4. The van der Waals surface area contributed by atoms with Gasteiger partial charge in [-0.25, -0.2) is 4.99 Å². The summed E-state index contributed by atoms with van der Waals surface area (Å²) in [5.41, 5.74) is 14.4. The minimum absolute atomic E-state index is 0.0691. The van der Waals surface area contributed by atoms with Gasteiger partial charge >= 0.3 is 0 Å². The number of hydrogen-bond acceptors (Lipinski definition) is 4. The van der Waals surface area contributed by atoms with Crippen molar-refractivity contribution in [2.45, 2.75) is 56.4 Å². The standard InChI is InChI=1S/C57H47N5/c1-2-14-36(15-3-1)39-22-12-23-44(30-39)55-58-56(45-29-28-37-16-4-5-17-38(37)31-45)60-57(59-55)62-51-27-13-26-50(54(51)48-33-41-19-7-9-21-43(41)35-53(48)62)61-49-25-11-10-24-46(49)47-32-40-18-6-8-20-42(40)34-52(47)61/h1-7,9-12,14-19,21-22,24-26,28-35,44,46,49,55-56,58H,8,13,20,23,27H2,(H,59,60). The lowest BCUT2D eigenvalue weighted by molar-refractivity contribution is 0.324. The van der Waals surface area contributed by atoms with Gasteiger partial charge in [0.2, 0.25) is 5.96 Å². The number of nitrogens with zero attached hydrogens (tertiary/aromatic N) is 3. The van der Waals surface area contributed by atoms with E-state index in [1.807, 2.05) is 0 Å². The molecular formula is C57H47N5. The van der Waals surface area contributed by atoms with Crippen LogP contribution in [0.5, 0.6) is 0 Å². The molecule has 0 radical (unpaired) electrons. The van der Waals surface area contributed by atoms with E-state index in [2.05, 4.69) is 202 Å². The fraction of sp³-hybridized carbons (Fsp3) is 0.175. The summed E-state index contributed by atoms with van der Waals surface area (Å²) in [6.07, 6.45) is 28.3. The number of rotatable bonds is 4. The molecule has 7 aromatic rings. The Morgan fingerprint density at radius 1 is 0.694 bits per heavy atom. The Labute approximate surface area is 362 Å². The fourth-order valence-corrected chi connectivity index (χ4v) is 11.2. The third kappa shape index (κ3) is 5.75. The molecule has 6 aromatic carbocycles. The van der Waals surface area contributed by atoms with Crippen LogP contribution in [0.1, 0.15) is 70.4 Å². The summed E-state index contributed by atoms with van der Waals surface area (Å²) in [5.74, 6) is 1.40. The fourth-order valence-electron chi connectivity index (χ4n) is 11.2. The zero-order chi connectivity index (χ0) is 40.7. The predicted molar refractivity (Wildman–Crippen MR) is 258 cm³/mol. The highest BCUT2D eigenvalue weighted by atomic mass is 15.4. The van der Waals surface area contributed by atoms with Crippen LogP contribution in [0.2, 0.25) is 0 Å². The number of aliphatic imine (C=N–C) groups is 1. The van der Waals surface area contributed by atoms with Gasteiger partial charge in [-0.2, -0.15) is 0 Å². The Bertz CT molecular complexity index is 3210. The normalized spacial score (nSPS) is 23.4. The van der Waals surface area contributed by atoms with Crippen LogP contribution in [-0.2, 0) is 12.8 Å². The number of aryl methyl sites for hydroxylation is 1. The largest absolute Gasteiger partial charge is 0.340 e. The quantitative estimate of drug-likeness (QED) is 0.186. The van der Waals surface area contributed by atoms with E-state index in [9.17, 15) is 0 Å². The molecule has 0 bridgehead atoms. The van der Waals surface area contributed by atoms with Crippen LogP contribution in [0.4, 0.5) is 5.69 Å². The maximum absolute atomic E-state index is 5.69. The van der Waals surface area contributed by atoms with Crippen molar-refractivity contribution >= 4 is 61.4 Å². The topological polar surface area (TPSA) is 44.6 Å². The first kappa shape index (κ1) is 35.8. The van der Waals surface area contributed by atoms with E-state index < -0.39 is 0 Å². The predicted octanol–water partition coefficient (Wildman–Crippen LogP) is 12.4. The van der Waals surface area contributed by atoms with Crippen LogP contribution in [0.3, 0.4) is 0 Å². The smallest absolute Gasteiger partial charge is 0.206 e. The van der Waals surface area contributed by atoms with Crippen LogP contribution in [0, 0.1) is 5.92 Å². The number of fused-ring (bicyclic) bond motifs is 9. The van der Waals surface area contributed by atoms with Crippen molar-refractivity contribution in [2.24, 2.45) is 10.9 Å². The molecule has 13 rings (SSSR count). The van der Waals surface area contributed by atoms with Crippen molar-refractivity contribution in [1.82, 2.24) is 15.2 Å². The molecule has 3 heterocycles. The van der Waals surface area contributed by atoms with Gasteiger partial charge in [0.05, 0.1) is 17.7 Å². The lowest BCUT2D eigenvalue weighted by Gasteiger charge is -2.37. The van der Waals surface area contributed by atoms with Gasteiger partial charge < -0.3 is 10.2 Å². The molecule has 2 N–H and O–H groups in total. The van der Waals surface area contributed by atoms with E-state index in [0.29, 0.717) is 5.92 Å². The highest BCUT2D eigenvalue weighted by molar-refractivity contribution is 6.10.